The Morgan fingerprint density at radius 2 is 1.96 bits per heavy atom. The van der Waals surface area contributed by atoms with E-state index in [2.05, 4.69) is 0 Å². The summed E-state index contributed by atoms with van der Waals surface area (Å²) < 4.78 is 1.92. The summed E-state index contributed by atoms with van der Waals surface area (Å²) in [6.07, 6.45) is 4.28. The fourth-order valence-corrected chi connectivity index (χ4v) is 5.84. The molecule has 0 spiro atoms. The van der Waals surface area contributed by atoms with Crippen LogP contribution in [0.1, 0.15) is 12.8 Å². The molecule has 0 radical (unpaired) electrons. The van der Waals surface area contributed by atoms with Crippen LogP contribution in [-0.2, 0) is 0 Å². The Hall–Kier alpha value is -0.920. The number of hydrazine groups is 1. The van der Waals surface area contributed by atoms with Crippen molar-refractivity contribution >= 4 is 35.0 Å². The van der Waals surface area contributed by atoms with E-state index in [1.807, 2.05) is 23.0 Å². The Kier molecular flexibility index (Phi) is 3.38. The van der Waals surface area contributed by atoms with Crippen LogP contribution in [-0.4, -0.2) is 21.1 Å². The Morgan fingerprint density at radius 1 is 1.21 bits per heavy atom. The summed E-state index contributed by atoms with van der Waals surface area (Å²) >= 11 is 14.1. The number of halogens is 2. The Labute approximate surface area is 154 Å². The Morgan fingerprint density at radius 3 is 2.67 bits per heavy atom. The summed E-state index contributed by atoms with van der Waals surface area (Å²) in [5.74, 6) is 8.36. The molecule has 0 bridgehead atoms. The second kappa shape index (κ2) is 5.29. The van der Waals surface area contributed by atoms with Crippen LogP contribution in [0.2, 0.25) is 10.0 Å². The maximum absolute atomic E-state index is 6.37. The SMILES string of the molecule is NC1[C@H]2CC(C3Sc4nc(-c5cccc(Cl)c5Cl)cn4N3N)C[C@@H]12. The molecule has 5 atom stereocenters. The molecule has 24 heavy (non-hydrogen) atoms. The second-order valence-corrected chi connectivity index (χ2v) is 8.75. The number of thioether (sulfide) groups is 1. The third-order valence-corrected chi connectivity index (χ3v) is 7.72. The van der Waals surface area contributed by atoms with E-state index in [0.717, 1.165) is 16.4 Å². The first kappa shape index (κ1) is 15.3. The smallest absolute Gasteiger partial charge is 0.190 e. The van der Waals surface area contributed by atoms with Gasteiger partial charge in [-0.15, -0.1) is 0 Å². The molecular weight excluding hydrogens is 365 g/mol. The summed E-state index contributed by atoms with van der Waals surface area (Å²) in [5.41, 5.74) is 7.66. The summed E-state index contributed by atoms with van der Waals surface area (Å²) in [5, 5.41) is 3.98. The average molecular weight is 382 g/mol. The molecular formula is C16H17Cl2N5S. The molecule has 2 aromatic rings. The lowest BCUT2D eigenvalue weighted by molar-refractivity contribution is 0.404. The van der Waals surface area contributed by atoms with Gasteiger partial charge in [-0.1, -0.05) is 47.1 Å². The highest BCUT2D eigenvalue weighted by molar-refractivity contribution is 8.00. The van der Waals surface area contributed by atoms with Crippen molar-refractivity contribution in [2.75, 3.05) is 5.12 Å². The minimum Gasteiger partial charge on any atom is -0.327 e. The number of nitrogens with zero attached hydrogens (tertiary/aromatic N) is 3. The van der Waals surface area contributed by atoms with E-state index >= 15 is 0 Å². The molecule has 1 aliphatic heterocycles. The number of fused-ring (bicyclic) bond motifs is 2. The monoisotopic (exact) mass is 381 g/mol. The number of rotatable bonds is 2. The molecule has 5 nitrogen and oxygen atoms in total. The minimum absolute atomic E-state index is 0.233. The number of hydrogen-bond donors (Lipinski definition) is 2. The molecule has 126 valence electrons. The standard InChI is InChI=1S/C16H17Cl2N5S/c17-11-3-1-2-8(13(11)18)12-6-22-16(21-12)24-15(23(22)20)7-4-9-10(5-7)14(9)19/h1-3,6-7,9-10,14-15H,4-5,19-20H2/t7?,9-,10+,14?,15?. The molecule has 2 aliphatic carbocycles. The van der Waals surface area contributed by atoms with Crippen LogP contribution in [0.15, 0.2) is 29.6 Å². The highest BCUT2D eigenvalue weighted by Crippen LogP contribution is 2.56. The third kappa shape index (κ3) is 2.14. The summed E-state index contributed by atoms with van der Waals surface area (Å²) in [6, 6.07) is 5.99. The van der Waals surface area contributed by atoms with Gasteiger partial charge in [-0.3, -0.25) is 0 Å². The van der Waals surface area contributed by atoms with Gasteiger partial charge < -0.3 is 5.73 Å². The van der Waals surface area contributed by atoms with Crippen molar-refractivity contribution in [3.63, 3.8) is 0 Å². The first-order valence-electron chi connectivity index (χ1n) is 8.05. The Balaban J connectivity index is 1.40. The average Bonchev–Trinajstić information content (AvgIpc) is 3.00. The number of nitrogens with two attached hydrogens (primary N) is 2. The van der Waals surface area contributed by atoms with Gasteiger partial charge in [0.05, 0.1) is 21.9 Å². The lowest BCUT2D eigenvalue weighted by Crippen LogP contribution is -2.47. The molecule has 5 rings (SSSR count). The number of benzene rings is 1. The molecule has 0 amide bonds. The zero-order valence-electron chi connectivity index (χ0n) is 12.8. The van der Waals surface area contributed by atoms with Gasteiger partial charge in [0, 0.05) is 11.6 Å². The molecule has 1 aromatic heterocycles. The van der Waals surface area contributed by atoms with Crippen molar-refractivity contribution in [2.24, 2.45) is 29.3 Å². The molecule has 1 aromatic carbocycles. The van der Waals surface area contributed by atoms with Crippen molar-refractivity contribution in [3.8, 4) is 11.3 Å². The highest BCUT2D eigenvalue weighted by Gasteiger charge is 2.56. The van der Waals surface area contributed by atoms with Gasteiger partial charge >= 0.3 is 0 Å². The van der Waals surface area contributed by atoms with E-state index in [9.17, 15) is 0 Å². The van der Waals surface area contributed by atoms with Gasteiger partial charge in [0.25, 0.3) is 0 Å². The van der Waals surface area contributed by atoms with Gasteiger partial charge in [0.1, 0.15) is 5.37 Å². The highest BCUT2D eigenvalue weighted by atomic mass is 35.5. The Bertz CT molecular complexity index is 813. The van der Waals surface area contributed by atoms with Crippen molar-refractivity contribution in [3.05, 3.63) is 34.4 Å². The van der Waals surface area contributed by atoms with Gasteiger partial charge in [-0.2, -0.15) is 0 Å². The van der Waals surface area contributed by atoms with E-state index in [0.29, 0.717) is 33.8 Å². The lowest BCUT2D eigenvalue weighted by atomic mass is 10.0. The first-order valence-corrected chi connectivity index (χ1v) is 9.68. The van der Waals surface area contributed by atoms with Gasteiger partial charge in [-0.25, -0.2) is 20.6 Å². The normalized spacial score (nSPS) is 33.7. The van der Waals surface area contributed by atoms with Crippen LogP contribution in [0.3, 0.4) is 0 Å². The fourth-order valence-electron chi connectivity index (χ4n) is 4.19. The van der Waals surface area contributed by atoms with E-state index in [-0.39, 0.29) is 5.37 Å². The summed E-state index contributed by atoms with van der Waals surface area (Å²) in [7, 11) is 0. The van der Waals surface area contributed by atoms with E-state index in [1.165, 1.54) is 12.8 Å². The molecule has 8 heteroatoms. The zero-order valence-corrected chi connectivity index (χ0v) is 15.1. The van der Waals surface area contributed by atoms with Crippen molar-refractivity contribution < 1.29 is 0 Å². The van der Waals surface area contributed by atoms with Crippen molar-refractivity contribution in [1.82, 2.24) is 9.66 Å². The molecule has 2 saturated carbocycles. The zero-order chi connectivity index (χ0) is 16.6. The molecule has 2 heterocycles. The maximum atomic E-state index is 6.37. The minimum atomic E-state index is 0.233. The van der Waals surface area contributed by atoms with E-state index in [1.54, 1.807) is 22.9 Å². The number of aromatic nitrogens is 2. The van der Waals surface area contributed by atoms with Crippen LogP contribution in [0, 0.1) is 17.8 Å². The van der Waals surface area contributed by atoms with Gasteiger partial charge in [0.15, 0.2) is 5.16 Å². The first-order chi connectivity index (χ1) is 11.5. The molecule has 3 unspecified atom stereocenters. The van der Waals surface area contributed by atoms with Gasteiger partial charge in [0.2, 0.25) is 0 Å². The van der Waals surface area contributed by atoms with Crippen LogP contribution in [0.4, 0.5) is 0 Å². The van der Waals surface area contributed by atoms with Gasteiger partial charge in [-0.05, 0) is 36.7 Å². The van der Waals surface area contributed by atoms with Crippen molar-refractivity contribution in [2.45, 2.75) is 29.4 Å². The number of hydrogen-bond acceptors (Lipinski definition) is 5. The molecule has 4 N–H and O–H groups in total. The predicted molar refractivity (Wildman–Crippen MR) is 97.4 cm³/mol. The van der Waals surface area contributed by atoms with Crippen LogP contribution in [0.5, 0.6) is 0 Å². The lowest BCUT2D eigenvalue weighted by Gasteiger charge is -2.27. The maximum Gasteiger partial charge on any atom is 0.190 e. The fraction of sp³-hybridized carbons (Fsp3) is 0.438. The second-order valence-electron chi connectivity index (χ2n) is 6.88. The summed E-state index contributed by atoms with van der Waals surface area (Å²) in [4.78, 5) is 4.72. The number of imidazole rings is 1. The van der Waals surface area contributed by atoms with Crippen LogP contribution < -0.4 is 16.7 Å². The third-order valence-electron chi connectivity index (χ3n) is 5.57. The van der Waals surface area contributed by atoms with Crippen LogP contribution in [0.25, 0.3) is 11.3 Å². The van der Waals surface area contributed by atoms with E-state index in [4.69, 9.17) is 39.8 Å². The molecule has 2 fully saturated rings. The largest absolute Gasteiger partial charge is 0.327 e. The van der Waals surface area contributed by atoms with Crippen LogP contribution >= 0.6 is 35.0 Å². The quantitative estimate of drug-likeness (QED) is 0.781. The van der Waals surface area contributed by atoms with Crippen molar-refractivity contribution in [1.29, 1.82) is 0 Å². The van der Waals surface area contributed by atoms with E-state index < -0.39 is 0 Å². The topological polar surface area (TPSA) is 73.1 Å². The summed E-state index contributed by atoms with van der Waals surface area (Å²) in [6.45, 7) is 0. The predicted octanol–water partition coefficient (Wildman–Crippen LogP) is 3.08. The molecule has 3 aliphatic rings. The molecule has 0 saturated heterocycles.